The van der Waals surface area contributed by atoms with Crippen molar-refractivity contribution in [1.29, 1.82) is 5.26 Å². The van der Waals surface area contributed by atoms with Gasteiger partial charge in [0, 0.05) is 5.69 Å². The van der Waals surface area contributed by atoms with Crippen LogP contribution < -0.4 is 0 Å². The lowest BCUT2D eigenvalue weighted by atomic mass is 10.2. The van der Waals surface area contributed by atoms with Crippen molar-refractivity contribution in [2.24, 2.45) is 0 Å². The summed E-state index contributed by atoms with van der Waals surface area (Å²) in [5.41, 5.74) is 4.74. The molecule has 0 saturated carbocycles. The molecule has 3 nitrogen and oxygen atoms in total. The van der Waals surface area contributed by atoms with Crippen molar-refractivity contribution in [2.45, 2.75) is 6.92 Å². The molecule has 0 aliphatic carbocycles. The summed E-state index contributed by atoms with van der Waals surface area (Å²) in [6, 6.07) is 15.7. The average molecular weight is 265 g/mol. The largest absolute Gasteiger partial charge is 0.330 e. The van der Waals surface area contributed by atoms with Crippen LogP contribution >= 0.6 is 12.2 Å². The Morgan fingerprint density at radius 2 is 2.05 bits per heavy atom. The second-order valence-corrected chi connectivity index (χ2v) is 4.83. The molecule has 2 aromatic carbocycles. The highest BCUT2D eigenvalue weighted by molar-refractivity contribution is 7.71. The van der Waals surface area contributed by atoms with Gasteiger partial charge in [0.25, 0.3) is 0 Å². The number of hydrogen-bond acceptors (Lipinski definition) is 2. The number of rotatable bonds is 1. The van der Waals surface area contributed by atoms with Gasteiger partial charge < -0.3 is 4.98 Å². The number of fused-ring (bicyclic) bond motifs is 1. The van der Waals surface area contributed by atoms with Crippen molar-refractivity contribution in [1.82, 2.24) is 9.55 Å². The number of hydrogen-bond donors (Lipinski definition) is 1. The number of benzene rings is 2. The van der Waals surface area contributed by atoms with Gasteiger partial charge in [-0.2, -0.15) is 5.26 Å². The van der Waals surface area contributed by atoms with Crippen LogP contribution in [0.25, 0.3) is 16.7 Å². The molecule has 3 rings (SSSR count). The van der Waals surface area contributed by atoms with Gasteiger partial charge in [0.05, 0.1) is 22.7 Å². The number of nitriles is 1. The van der Waals surface area contributed by atoms with E-state index in [9.17, 15) is 0 Å². The van der Waals surface area contributed by atoms with Crippen LogP contribution in [0.4, 0.5) is 0 Å². The first-order valence-corrected chi connectivity index (χ1v) is 6.32. The number of aryl methyl sites for hydroxylation is 1. The van der Waals surface area contributed by atoms with Gasteiger partial charge in [-0.1, -0.05) is 12.1 Å². The van der Waals surface area contributed by atoms with Crippen LogP contribution in [0.5, 0.6) is 0 Å². The van der Waals surface area contributed by atoms with Gasteiger partial charge in [0.1, 0.15) is 0 Å². The molecule has 0 bridgehead atoms. The van der Waals surface area contributed by atoms with Crippen LogP contribution in [0.2, 0.25) is 0 Å². The first kappa shape index (κ1) is 11.7. The Morgan fingerprint density at radius 3 is 2.84 bits per heavy atom. The van der Waals surface area contributed by atoms with Crippen LogP contribution in [0.1, 0.15) is 11.1 Å². The normalized spacial score (nSPS) is 10.5. The summed E-state index contributed by atoms with van der Waals surface area (Å²) in [7, 11) is 0. The van der Waals surface area contributed by atoms with Gasteiger partial charge in [0.2, 0.25) is 0 Å². The summed E-state index contributed by atoms with van der Waals surface area (Å²) in [5, 5.41) is 8.99. The van der Waals surface area contributed by atoms with E-state index in [0.29, 0.717) is 10.3 Å². The van der Waals surface area contributed by atoms with Crippen molar-refractivity contribution in [3.8, 4) is 11.8 Å². The highest BCUT2D eigenvalue weighted by Crippen LogP contribution is 2.21. The molecule has 0 aliphatic heterocycles. The predicted octanol–water partition coefficient (Wildman–Crippen LogP) is 3.87. The van der Waals surface area contributed by atoms with E-state index >= 15 is 0 Å². The fraction of sp³-hybridized carbons (Fsp3) is 0.0667. The highest BCUT2D eigenvalue weighted by Gasteiger charge is 2.07. The zero-order chi connectivity index (χ0) is 13.4. The van der Waals surface area contributed by atoms with Crippen molar-refractivity contribution >= 4 is 23.3 Å². The Balaban J connectivity index is 2.33. The Labute approximate surface area is 115 Å². The fourth-order valence-corrected chi connectivity index (χ4v) is 2.51. The van der Waals surface area contributed by atoms with Crippen LogP contribution in [-0.2, 0) is 0 Å². The molecular weight excluding hydrogens is 254 g/mol. The molecule has 0 fully saturated rings. The average Bonchev–Trinajstić information content (AvgIpc) is 2.73. The Hall–Kier alpha value is -2.38. The third kappa shape index (κ3) is 1.94. The minimum atomic E-state index is 0.626. The Morgan fingerprint density at radius 1 is 1.21 bits per heavy atom. The molecule has 0 atom stereocenters. The van der Waals surface area contributed by atoms with E-state index in [-0.39, 0.29) is 0 Å². The predicted molar refractivity (Wildman–Crippen MR) is 77.9 cm³/mol. The van der Waals surface area contributed by atoms with E-state index < -0.39 is 0 Å². The van der Waals surface area contributed by atoms with Crippen LogP contribution in [-0.4, -0.2) is 9.55 Å². The maximum Gasteiger partial charge on any atom is 0.182 e. The minimum Gasteiger partial charge on any atom is -0.330 e. The zero-order valence-corrected chi connectivity index (χ0v) is 11.2. The lowest BCUT2D eigenvalue weighted by molar-refractivity contribution is 1.06. The van der Waals surface area contributed by atoms with E-state index in [1.807, 2.05) is 35.8 Å². The number of aromatic nitrogens is 2. The van der Waals surface area contributed by atoms with E-state index in [4.69, 9.17) is 17.5 Å². The molecule has 0 saturated heterocycles. The van der Waals surface area contributed by atoms with Crippen molar-refractivity contribution < 1.29 is 0 Å². The summed E-state index contributed by atoms with van der Waals surface area (Å²) in [4.78, 5) is 3.20. The molecule has 1 heterocycles. The van der Waals surface area contributed by atoms with Gasteiger partial charge >= 0.3 is 0 Å². The molecule has 1 aromatic heterocycles. The summed E-state index contributed by atoms with van der Waals surface area (Å²) >= 11 is 5.38. The van der Waals surface area contributed by atoms with Crippen molar-refractivity contribution in [3.63, 3.8) is 0 Å². The van der Waals surface area contributed by atoms with Crippen LogP contribution in [0, 0.1) is 23.0 Å². The molecule has 4 heteroatoms. The van der Waals surface area contributed by atoms with E-state index in [1.54, 1.807) is 6.07 Å². The Bertz CT molecular complexity index is 865. The van der Waals surface area contributed by atoms with E-state index in [1.165, 1.54) is 5.56 Å². The monoisotopic (exact) mass is 265 g/mol. The number of nitrogens with one attached hydrogen (secondary N) is 1. The number of nitrogens with zero attached hydrogens (tertiary/aromatic N) is 2. The molecular formula is C15H11N3S. The fourth-order valence-electron chi connectivity index (χ4n) is 2.20. The van der Waals surface area contributed by atoms with Gasteiger partial charge in [-0.05, 0) is 55.0 Å². The quantitative estimate of drug-likeness (QED) is 0.679. The highest BCUT2D eigenvalue weighted by atomic mass is 32.1. The molecule has 0 amide bonds. The van der Waals surface area contributed by atoms with Crippen LogP contribution in [0.3, 0.4) is 0 Å². The molecule has 92 valence electrons. The molecule has 1 N–H and O–H groups in total. The molecule has 3 aromatic rings. The van der Waals surface area contributed by atoms with Gasteiger partial charge in [-0.3, -0.25) is 4.57 Å². The van der Waals surface area contributed by atoms with Gasteiger partial charge in [0.15, 0.2) is 4.77 Å². The van der Waals surface area contributed by atoms with E-state index in [2.05, 4.69) is 23.2 Å². The van der Waals surface area contributed by atoms with Gasteiger partial charge in [-0.25, -0.2) is 0 Å². The maximum absolute atomic E-state index is 8.99. The molecule has 0 unspecified atom stereocenters. The summed E-state index contributed by atoms with van der Waals surface area (Å²) < 4.78 is 2.58. The van der Waals surface area contributed by atoms with Crippen LogP contribution in [0.15, 0.2) is 42.5 Å². The lowest BCUT2D eigenvalue weighted by Gasteiger charge is -2.04. The van der Waals surface area contributed by atoms with E-state index in [0.717, 1.165) is 16.7 Å². The SMILES string of the molecule is Cc1ccc2c(c1)[nH]c(=S)n2-c1cccc(C#N)c1. The first-order chi connectivity index (χ1) is 9.19. The van der Waals surface area contributed by atoms with Crippen molar-refractivity contribution in [2.75, 3.05) is 0 Å². The minimum absolute atomic E-state index is 0.626. The van der Waals surface area contributed by atoms with Gasteiger partial charge in [-0.15, -0.1) is 0 Å². The number of aromatic amines is 1. The molecule has 19 heavy (non-hydrogen) atoms. The first-order valence-electron chi connectivity index (χ1n) is 5.91. The zero-order valence-electron chi connectivity index (χ0n) is 10.3. The summed E-state index contributed by atoms with van der Waals surface area (Å²) in [6.07, 6.45) is 0. The second-order valence-electron chi connectivity index (χ2n) is 4.45. The second kappa shape index (κ2) is 4.38. The summed E-state index contributed by atoms with van der Waals surface area (Å²) in [5.74, 6) is 0. The Kier molecular flexibility index (Phi) is 2.69. The smallest absolute Gasteiger partial charge is 0.182 e. The molecule has 0 spiro atoms. The standard InChI is InChI=1S/C15H11N3S/c1-10-5-6-14-13(7-10)17-15(19)18(14)12-4-2-3-11(8-12)9-16/h2-8H,1H3,(H,17,19). The molecule has 0 aliphatic rings. The maximum atomic E-state index is 8.99. The number of H-pyrrole nitrogens is 1. The molecule has 0 radical (unpaired) electrons. The summed E-state index contributed by atoms with van der Waals surface area (Å²) in [6.45, 7) is 2.05. The third-order valence-corrected chi connectivity index (χ3v) is 3.36. The lowest BCUT2D eigenvalue weighted by Crippen LogP contribution is -1.94. The topological polar surface area (TPSA) is 44.5 Å². The van der Waals surface area contributed by atoms with Crippen molar-refractivity contribution in [3.05, 3.63) is 58.4 Å². The number of imidazole rings is 1. The third-order valence-electron chi connectivity index (χ3n) is 3.07.